The highest BCUT2D eigenvalue weighted by molar-refractivity contribution is 9.10. The van der Waals surface area contributed by atoms with Gasteiger partial charge in [-0.15, -0.1) is 0 Å². The van der Waals surface area contributed by atoms with Gasteiger partial charge >= 0.3 is 5.97 Å². The fourth-order valence-electron chi connectivity index (χ4n) is 3.01. The average Bonchev–Trinajstić information content (AvgIpc) is 2.59. The van der Waals surface area contributed by atoms with Crippen LogP contribution in [0.1, 0.15) is 21.5 Å². The van der Waals surface area contributed by atoms with E-state index in [1.807, 2.05) is 12.1 Å². The van der Waals surface area contributed by atoms with Gasteiger partial charge in [-0.2, -0.15) is 0 Å². The molecule has 1 aliphatic rings. The first-order valence-corrected chi connectivity index (χ1v) is 8.91. The first-order chi connectivity index (χ1) is 11.6. The normalized spacial score (nSPS) is 16.2. The van der Waals surface area contributed by atoms with Gasteiger partial charge in [0.05, 0.1) is 5.56 Å². The molecule has 1 fully saturated rings. The number of hydrogen-bond acceptors (Lipinski definition) is 3. The van der Waals surface area contributed by atoms with E-state index in [1.165, 1.54) is 5.56 Å². The van der Waals surface area contributed by atoms with Gasteiger partial charge in [0, 0.05) is 43.7 Å². The van der Waals surface area contributed by atoms with E-state index in [4.69, 9.17) is 5.11 Å². The molecule has 0 radical (unpaired) electrons. The summed E-state index contributed by atoms with van der Waals surface area (Å²) in [6.45, 7) is 5.88. The van der Waals surface area contributed by atoms with E-state index in [0.717, 1.165) is 49.3 Å². The van der Waals surface area contributed by atoms with Gasteiger partial charge in [-0.1, -0.05) is 40.2 Å². The highest BCUT2D eigenvalue weighted by Crippen LogP contribution is 2.15. The average molecular weight is 389 g/mol. The number of hydrogen-bond donors (Lipinski definition) is 1. The number of carboxylic acids is 1. The summed E-state index contributed by atoms with van der Waals surface area (Å²) in [6.07, 6.45) is 0. The molecular formula is C19H21BrN2O2. The highest BCUT2D eigenvalue weighted by Gasteiger charge is 2.17. The van der Waals surface area contributed by atoms with Crippen LogP contribution >= 0.6 is 15.9 Å². The minimum atomic E-state index is -0.865. The van der Waals surface area contributed by atoms with Crippen LogP contribution in [-0.2, 0) is 13.1 Å². The topological polar surface area (TPSA) is 43.8 Å². The van der Waals surface area contributed by atoms with Crippen molar-refractivity contribution in [1.29, 1.82) is 0 Å². The second kappa shape index (κ2) is 7.92. The molecule has 0 aromatic heterocycles. The minimum Gasteiger partial charge on any atom is -0.478 e. The Hall–Kier alpha value is -1.69. The predicted octanol–water partition coefficient (Wildman–Crippen LogP) is 3.47. The van der Waals surface area contributed by atoms with Crippen molar-refractivity contribution < 1.29 is 9.90 Å². The van der Waals surface area contributed by atoms with Crippen molar-refractivity contribution in [2.24, 2.45) is 0 Å². The molecule has 126 valence electrons. The number of nitrogens with zero attached hydrogens (tertiary/aromatic N) is 2. The number of piperazine rings is 1. The number of aromatic carboxylic acids is 1. The molecule has 0 aliphatic carbocycles. The summed E-state index contributed by atoms with van der Waals surface area (Å²) >= 11 is 3.47. The van der Waals surface area contributed by atoms with E-state index in [-0.39, 0.29) is 0 Å². The molecule has 0 amide bonds. The van der Waals surface area contributed by atoms with Crippen molar-refractivity contribution in [2.45, 2.75) is 13.1 Å². The van der Waals surface area contributed by atoms with Crippen LogP contribution in [0.2, 0.25) is 0 Å². The number of carbonyl (C=O) groups is 1. The molecule has 5 heteroatoms. The van der Waals surface area contributed by atoms with Gasteiger partial charge < -0.3 is 5.11 Å². The largest absolute Gasteiger partial charge is 0.478 e. The van der Waals surface area contributed by atoms with Crippen LogP contribution in [0.25, 0.3) is 0 Å². The Bertz CT molecular complexity index is 695. The fraction of sp³-hybridized carbons (Fsp3) is 0.316. The zero-order chi connectivity index (χ0) is 16.9. The zero-order valence-electron chi connectivity index (χ0n) is 13.5. The molecule has 1 saturated heterocycles. The Morgan fingerprint density at radius 2 is 1.50 bits per heavy atom. The Balaban J connectivity index is 1.51. The summed E-state index contributed by atoms with van der Waals surface area (Å²) in [5.74, 6) is -0.865. The molecular weight excluding hydrogens is 368 g/mol. The fourth-order valence-corrected chi connectivity index (χ4v) is 3.28. The quantitative estimate of drug-likeness (QED) is 0.851. The number of rotatable bonds is 5. The van der Waals surface area contributed by atoms with E-state index in [9.17, 15) is 4.79 Å². The summed E-state index contributed by atoms with van der Waals surface area (Å²) in [5.41, 5.74) is 2.76. The van der Waals surface area contributed by atoms with Crippen LogP contribution in [0, 0.1) is 0 Å². The first kappa shape index (κ1) is 17.1. The van der Waals surface area contributed by atoms with E-state index >= 15 is 0 Å². The van der Waals surface area contributed by atoms with Gasteiger partial charge in [-0.05, 0) is 35.4 Å². The minimum absolute atomic E-state index is 0.362. The smallest absolute Gasteiger partial charge is 0.335 e. The number of carboxylic acid groups (broad SMARTS) is 1. The Morgan fingerprint density at radius 1 is 0.917 bits per heavy atom. The molecule has 0 bridgehead atoms. The van der Waals surface area contributed by atoms with Gasteiger partial charge in [-0.25, -0.2) is 4.79 Å². The lowest BCUT2D eigenvalue weighted by atomic mass is 10.1. The summed E-state index contributed by atoms with van der Waals surface area (Å²) < 4.78 is 1.11. The standard InChI is InChI=1S/C19H21BrN2O2/c20-18-6-4-15(5-7-18)13-21-8-10-22(11-9-21)14-16-2-1-3-17(12-16)19(23)24/h1-7,12H,8-11,13-14H2,(H,23,24). The summed E-state index contributed by atoms with van der Waals surface area (Å²) in [4.78, 5) is 15.9. The van der Waals surface area contributed by atoms with Crippen molar-refractivity contribution in [3.05, 3.63) is 69.7 Å². The van der Waals surface area contributed by atoms with E-state index < -0.39 is 5.97 Å². The lowest BCUT2D eigenvalue weighted by Crippen LogP contribution is -2.45. The maximum atomic E-state index is 11.1. The van der Waals surface area contributed by atoms with Crippen molar-refractivity contribution in [3.63, 3.8) is 0 Å². The maximum absolute atomic E-state index is 11.1. The zero-order valence-corrected chi connectivity index (χ0v) is 15.1. The van der Waals surface area contributed by atoms with Crippen LogP contribution in [0.3, 0.4) is 0 Å². The van der Waals surface area contributed by atoms with Crippen molar-refractivity contribution in [3.8, 4) is 0 Å². The molecule has 2 aromatic rings. The summed E-state index contributed by atoms with van der Waals surface area (Å²) in [6, 6.07) is 15.7. The molecule has 0 spiro atoms. The van der Waals surface area contributed by atoms with E-state index in [2.05, 4.69) is 50.0 Å². The summed E-state index contributed by atoms with van der Waals surface area (Å²) in [7, 11) is 0. The number of halogens is 1. The lowest BCUT2D eigenvalue weighted by molar-refractivity contribution is 0.0696. The Labute approximate surface area is 150 Å². The van der Waals surface area contributed by atoms with Crippen molar-refractivity contribution in [2.75, 3.05) is 26.2 Å². The lowest BCUT2D eigenvalue weighted by Gasteiger charge is -2.34. The Kier molecular flexibility index (Phi) is 5.66. The van der Waals surface area contributed by atoms with Gasteiger partial charge in [-0.3, -0.25) is 9.80 Å². The maximum Gasteiger partial charge on any atom is 0.335 e. The van der Waals surface area contributed by atoms with E-state index in [0.29, 0.717) is 5.56 Å². The van der Waals surface area contributed by atoms with Crippen LogP contribution < -0.4 is 0 Å². The molecule has 1 N–H and O–H groups in total. The van der Waals surface area contributed by atoms with Gasteiger partial charge in [0.25, 0.3) is 0 Å². The van der Waals surface area contributed by atoms with Crippen LogP contribution in [0.4, 0.5) is 0 Å². The third kappa shape index (κ3) is 4.66. The van der Waals surface area contributed by atoms with Gasteiger partial charge in [0.15, 0.2) is 0 Å². The SMILES string of the molecule is O=C(O)c1cccc(CN2CCN(Cc3ccc(Br)cc3)CC2)c1. The molecule has 24 heavy (non-hydrogen) atoms. The van der Waals surface area contributed by atoms with Crippen LogP contribution in [-0.4, -0.2) is 47.1 Å². The Morgan fingerprint density at radius 3 is 2.08 bits per heavy atom. The highest BCUT2D eigenvalue weighted by atomic mass is 79.9. The van der Waals surface area contributed by atoms with Gasteiger partial charge in [0.2, 0.25) is 0 Å². The molecule has 0 saturated carbocycles. The van der Waals surface area contributed by atoms with E-state index in [1.54, 1.807) is 12.1 Å². The van der Waals surface area contributed by atoms with Crippen molar-refractivity contribution >= 4 is 21.9 Å². The number of benzene rings is 2. The second-order valence-electron chi connectivity index (χ2n) is 6.18. The molecule has 1 heterocycles. The monoisotopic (exact) mass is 388 g/mol. The third-order valence-electron chi connectivity index (χ3n) is 4.36. The molecule has 2 aromatic carbocycles. The first-order valence-electron chi connectivity index (χ1n) is 8.11. The molecule has 0 unspecified atom stereocenters. The van der Waals surface area contributed by atoms with Gasteiger partial charge in [0.1, 0.15) is 0 Å². The molecule has 1 aliphatic heterocycles. The molecule has 3 rings (SSSR count). The third-order valence-corrected chi connectivity index (χ3v) is 4.89. The van der Waals surface area contributed by atoms with Crippen molar-refractivity contribution in [1.82, 2.24) is 9.80 Å². The van der Waals surface area contributed by atoms with Crippen LogP contribution in [0.15, 0.2) is 53.0 Å². The van der Waals surface area contributed by atoms with Crippen LogP contribution in [0.5, 0.6) is 0 Å². The predicted molar refractivity (Wildman–Crippen MR) is 98.1 cm³/mol. The second-order valence-corrected chi connectivity index (χ2v) is 7.10. The molecule has 0 atom stereocenters. The molecule has 4 nitrogen and oxygen atoms in total. The summed E-state index contributed by atoms with van der Waals surface area (Å²) in [5, 5.41) is 9.08.